The Hall–Kier alpha value is -4.23. The normalized spacial score (nSPS) is 16.1. The lowest BCUT2D eigenvalue weighted by Gasteiger charge is -2.39. The molecule has 43 heavy (non-hydrogen) atoms. The molecule has 228 valence electrons. The van der Waals surface area contributed by atoms with Gasteiger partial charge in [0.1, 0.15) is 23.6 Å². The summed E-state index contributed by atoms with van der Waals surface area (Å²) in [6.45, 7) is 11.3. The van der Waals surface area contributed by atoms with Crippen LogP contribution < -0.4 is 10.1 Å². The molecular weight excluding hydrogens is 576 g/mol. The lowest BCUT2D eigenvalue weighted by Crippen LogP contribution is -2.57. The number of nitrogens with zero attached hydrogens (tertiary/aromatic N) is 3. The quantitative estimate of drug-likeness (QED) is 0.284. The topological polar surface area (TPSA) is 137 Å². The highest BCUT2D eigenvalue weighted by Gasteiger charge is 2.41. The molecule has 1 unspecified atom stereocenters. The predicted octanol–water partition coefficient (Wildman–Crippen LogP) is 4.64. The van der Waals surface area contributed by atoms with Gasteiger partial charge in [0.05, 0.1) is 27.4 Å². The zero-order chi connectivity index (χ0) is 31.1. The first-order valence-electron chi connectivity index (χ1n) is 13.8. The Morgan fingerprint density at radius 3 is 2.21 bits per heavy atom. The number of aromatic nitrogens is 1. The van der Waals surface area contributed by atoms with Crippen LogP contribution in [0.3, 0.4) is 0 Å². The van der Waals surface area contributed by atoms with E-state index in [1.807, 2.05) is 20.8 Å². The maximum absolute atomic E-state index is 13.0. The Bertz CT molecular complexity index is 1530. The second-order valence-electron chi connectivity index (χ2n) is 12.3. The molecule has 0 radical (unpaired) electrons. The van der Waals surface area contributed by atoms with Crippen molar-refractivity contribution in [2.45, 2.75) is 64.9 Å². The molecule has 2 aliphatic heterocycles. The highest BCUT2D eigenvalue weighted by Crippen LogP contribution is 2.31. The fraction of sp³-hybridized carbons (Fsp3) is 0.433. The molecule has 2 aromatic carbocycles. The lowest BCUT2D eigenvalue weighted by atomic mass is 10.1. The third kappa shape index (κ3) is 7.05. The summed E-state index contributed by atoms with van der Waals surface area (Å²) in [4.78, 5) is 62.7. The molecule has 0 bridgehead atoms. The largest absolute Gasteiger partial charge is 0.490 e. The van der Waals surface area contributed by atoms with Crippen molar-refractivity contribution in [3.63, 3.8) is 0 Å². The number of esters is 1. The molecule has 1 fully saturated rings. The summed E-state index contributed by atoms with van der Waals surface area (Å²) in [5.74, 6) is -1.68. The Labute approximate surface area is 252 Å². The molecule has 13 heteroatoms. The van der Waals surface area contributed by atoms with Gasteiger partial charge in [0, 0.05) is 13.1 Å². The predicted molar refractivity (Wildman–Crippen MR) is 158 cm³/mol. The van der Waals surface area contributed by atoms with Crippen molar-refractivity contribution in [3.8, 4) is 5.75 Å². The van der Waals surface area contributed by atoms with Gasteiger partial charge in [-0.15, -0.1) is 5.06 Å². The molecule has 0 saturated carbocycles. The molecule has 5 rings (SSSR count). The number of likely N-dealkylation sites (tertiary alicyclic amines) is 1. The molecule has 12 nitrogen and oxygen atoms in total. The van der Waals surface area contributed by atoms with Crippen molar-refractivity contribution in [1.82, 2.24) is 14.9 Å². The number of carbonyl (C=O) groups excluding carboxylic acids is 4. The van der Waals surface area contributed by atoms with Gasteiger partial charge < -0.3 is 24.4 Å². The third-order valence-electron chi connectivity index (χ3n) is 6.28. The number of rotatable bonds is 8. The van der Waals surface area contributed by atoms with Crippen molar-refractivity contribution < 1.29 is 38.2 Å². The number of hydrogen-bond acceptors (Lipinski definition) is 11. The minimum absolute atomic E-state index is 0.0534. The van der Waals surface area contributed by atoms with E-state index in [1.165, 1.54) is 23.5 Å². The number of nitrogens with one attached hydrogen (secondary N) is 1. The lowest BCUT2D eigenvalue weighted by molar-refractivity contribution is -0.193. The number of thiazole rings is 1. The van der Waals surface area contributed by atoms with Gasteiger partial charge in [-0.3, -0.25) is 9.59 Å². The number of anilines is 1. The van der Waals surface area contributed by atoms with Crippen molar-refractivity contribution in [2.75, 3.05) is 25.0 Å². The molecule has 1 aromatic heterocycles. The van der Waals surface area contributed by atoms with Crippen LogP contribution in [0.25, 0.3) is 10.2 Å². The molecule has 0 aliphatic carbocycles. The Morgan fingerprint density at radius 1 is 0.977 bits per heavy atom. The number of imide groups is 1. The summed E-state index contributed by atoms with van der Waals surface area (Å²) >= 11 is 1.42. The summed E-state index contributed by atoms with van der Waals surface area (Å²) in [5, 5.41) is 4.62. The van der Waals surface area contributed by atoms with Gasteiger partial charge in [-0.2, -0.15) is 0 Å². The van der Waals surface area contributed by atoms with Crippen LogP contribution in [0.2, 0.25) is 0 Å². The average Bonchev–Trinajstić information content (AvgIpc) is 3.39. The summed E-state index contributed by atoms with van der Waals surface area (Å²) in [6, 6.07) is 11.6. The van der Waals surface area contributed by atoms with Crippen LogP contribution in [0.1, 0.15) is 62.3 Å². The van der Waals surface area contributed by atoms with E-state index >= 15 is 0 Å². The summed E-state index contributed by atoms with van der Waals surface area (Å²) in [7, 11) is 0. The van der Waals surface area contributed by atoms with E-state index in [9.17, 15) is 19.2 Å². The van der Waals surface area contributed by atoms with Gasteiger partial charge in [-0.25, -0.2) is 19.4 Å². The van der Waals surface area contributed by atoms with E-state index in [0.717, 1.165) is 10.2 Å². The third-order valence-corrected chi connectivity index (χ3v) is 7.23. The number of benzene rings is 2. The summed E-state index contributed by atoms with van der Waals surface area (Å²) < 4.78 is 17.6. The first-order chi connectivity index (χ1) is 20.2. The monoisotopic (exact) mass is 610 g/mol. The Balaban J connectivity index is 1.23. The molecular formula is C30H34N4O8S. The average molecular weight is 611 g/mol. The molecule has 3 amide bonds. The molecule has 2 aliphatic rings. The number of hydroxylamine groups is 2. The molecule has 1 N–H and O–H groups in total. The van der Waals surface area contributed by atoms with E-state index in [-0.39, 0.29) is 29.9 Å². The van der Waals surface area contributed by atoms with E-state index in [4.69, 9.17) is 19.0 Å². The van der Waals surface area contributed by atoms with E-state index in [2.05, 4.69) is 10.3 Å². The van der Waals surface area contributed by atoms with Crippen LogP contribution in [0.4, 0.5) is 9.93 Å². The number of ether oxygens (including phenoxy) is 3. The smallest absolute Gasteiger partial charge is 0.410 e. The molecule has 3 heterocycles. The van der Waals surface area contributed by atoms with Gasteiger partial charge in [0.25, 0.3) is 11.8 Å². The fourth-order valence-corrected chi connectivity index (χ4v) is 5.32. The van der Waals surface area contributed by atoms with Crippen molar-refractivity contribution in [1.29, 1.82) is 0 Å². The van der Waals surface area contributed by atoms with Crippen LogP contribution in [0, 0.1) is 0 Å². The van der Waals surface area contributed by atoms with Crippen molar-refractivity contribution in [2.24, 2.45) is 0 Å². The SMILES string of the molecule is CC(C)(C)OC(=O)C(COc1ccc2nc(NC3CN(C(=O)OC(C)(C)C)C3)sc2c1)ON1C(=O)c2ccccc2C1=O. The number of fused-ring (bicyclic) bond motifs is 2. The van der Waals surface area contributed by atoms with Gasteiger partial charge in [-0.05, 0) is 71.9 Å². The van der Waals surface area contributed by atoms with E-state index in [1.54, 1.807) is 56.0 Å². The minimum Gasteiger partial charge on any atom is -0.490 e. The van der Waals surface area contributed by atoms with Gasteiger partial charge in [0.15, 0.2) is 5.13 Å². The van der Waals surface area contributed by atoms with Crippen LogP contribution >= 0.6 is 11.3 Å². The van der Waals surface area contributed by atoms with Crippen molar-refractivity contribution >= 4 is 50.6 Å². The molecule has 1 atom stereocenters. The number of carbonyl (C=O) groups is 4. The summed E-state index contributed by atoms with van der Waals surface area (Å²) in [5.41, 5.74) is -0.257. The maximum atomic E-state index is 13.0. The van der Waals surface area contributed by atoms with Crippen LogP contribution in [-0.2, 0) is 19.1 Å². The zero-order valence-corrected chi connectivity index (χ0v) is 25.6. The molecule has 0 spiro atoms. The maximum Gasteiger partial charge on any atom is 0.410 e. The van der Waals surface area contributed by atoms with E-state index in [0.29, 0.717) is 29.0 Å². The van der Waals surface area contributed by atoms with E-state index < -0.39 is 35.1 Å². The van der Waals surface area contributed by atoms with Crippen LogP contribution in [-0.4, -0.2) is 81.9 Å². The second-order valence-corrected chi connectivity index (χ2v) is 13.3. The fourth-order valence-electron chi connectivity index (χ4n) is 4.35. The standard InChI is InChI=1S/C30H34N4O8S/c1-29(2,3)40-26(37)22(42-34-24(35)19-9-7-8-10-20(19)25(34)36)16-39-18-11-12-21-23(13-18)43-27(32-21)31-17-14-33(15-17)28(38)41-30(4,5)6/h7-13,17,22H,14-16H2,1-6H3,(H,31,32). The van der Waals surface area contributed by atoms with Crippen molar-refractivity contribution in [3.05, 3.63) is 53.6 Å². The number of amides is 3. The van der Waals surface area contributed by atoms with Crippen LogP contribution in [0.5, 0.6) is 5.75 Å². The van der Waals surface area contributed by atoms with Crippen LogP contribution in [0.15, 0.2) is 42.5 Å². The Morgan fingerprint density at radius 2 is 1.60 bits per heavy atom. The highest BCUT2D eigenvalue weighted by atomic mass is 32.1. The second kappa shape index (κ2) is 11.5. The summed E-state index contributed by atoms with van der Waals surface area (Å²) in [6.07, 6.45) is -1.74. The first-order valence-corrected chi connectivity index (χ1v) is 14.6. The molecule has 3 aromatic rings. The first kappa shape index (κ1) is 30.2. The van der Waals surface area contributed by atoms with Gasteiger partial charge in [0.2, 0.25) is 6.10 Å². The molecule has 1 saturated heterocycles. The number of hydrogen-bond donors (Lipinski definition) is 1. The highest BCUT2D eigenvalue weighted by molar-refractivity contribution is 7.22. The Kier molecular flexibility index (Phi) is 8.05. The zero-order valence-electron chi connectivity index (χ0n) is 24.8. The van der Waals surface area contributed by atoms with Gasteiger partial charge >= 0.3 is 12.1 Å². The van der Waals surface area contributed by atoms with Gasteiger partial charge in [-0.1, -0.05) is 23.5 Å². The minimum atomic E-state index is -1.40.